The quantitative estimate of drug-likeness (QED) is 0.814. The van der Waals surface area contributed by atoms with Crippen LogP contribution < -0.4 is 5.73 Å². The topological polar surface area (TPSA) is 32.5 Å². The molecule has 3 heteroatoms. The fourth-order valence-corrected chi connectivity index (χ4v) is 2.41. The molecule has 1 saturated heterocycles. The molecule has 2 N–H and O–H groups in total. The maximum absolute atomic E-state index is 6.26. The largest absolute Gasteiger partial charge is 0.326 e. The zero-order valence-electron chi connectivity index (χ0n) is 12.4. The van der Waals surface area contributed by atoms with Gasteiger partial charge in [0.15, 0.2) is 0 Å². The summed E-state index contributed by atoms with van der Waals surface area (Å²) in [4.78, 5) is 5.01. The molecule has 0 unspecified atom stereocenters. The van der Waals surface area contributed by atoms with E-state index in [0.717, 1.165) is 12.6 Å². The van der Waals surface area contributed by atoms with Gasteiger partial charge in [0.25, 0.3) is 0 Å². The van der Waals surface area contributed by atoms with E-state index in [1.54, 1.807) is 0 Å². The van der Waals surface area contributed by atoms with Gasteiger partial charge >= 0.3 is 0 Å². The van der Waals surface area contributed by atoms with Crippen molar-refractivity contribution >= 4 is 0 Å². The molecule has 0 saturated carbocycles. The Morgan fingerprint density at radius 2 is 1.82 bits per heavy atom. The fraction of sp³-hybridized carbons (Fsp3) is 1.00. The highest BCUT2D eigenvalue weighted by molar-refractivity contribution is 4.84. The van der Waals surface area contributed by atoms with Crippen LogP contribution in [0.1, 0.15) is 40.5 Å². The maximum Gasteiger partial charge on any atom is 0.0217 e. The minimum Gasteiger partial charge on any atom is -0.326 e. The summed E-state index contributed by atoms with van der Waals surface area (Å²) in [5.41, 5.74) is 6.47. The number of hydrogen-bond donors (Lipinski definition) is 1. The van der Waals surface area contributed by atoms with Crippen molar-refractivity contribution in [2.75, 3.05) is 33.2 Å². The summed E-state index contributed by atoms with van der Waals surface area (Å²) >= 11 is 0. The van der Waals surface area contributed by atoms with Crippen LogP contribution in [0.2, 0.25) is 0 Å². The number of hydrogen-bond acceptors (Lipinski definition) is 3. The van der Waals surface area contributed by atoms with E-state index in [1.807, 2.05) is 0 Å². The van der Waals surface area contributed by atoms with Gasteiger partial charge in [-0.05, 0) is 44.9 Å². The molecular weight excluding hydrogens is 210 g/mol. The summed E-state index contributed by atoms with van der Waals surface area (Å²) in [6.45, 7) is 13.6. The predicted molar refractivity (Wildman–Crippen MR) is 75.2 cm³/mol. The van der Waals surface area contributed by atoms with E-state index in [-0.39, 0.29) is 11.5 Å². The predicted octanol–water partition coefficient (Wildman–Crippen LogP) is 1.78. The van der Waals surface area contributed by atoms with Crippen LogP contribution in [0.4, 0.5) is 0 Å². The van der Waals surface area contributed by atoms with Crippen LogP contribution in [0.15, 0.2) is 0 Å². The van der Waals surface area contributed by atoms with E-state index in [9.17, 15) is 0 Å². The van der Waals surface area contributed by atoms with Crippen LogP contribution >= 0.6 is 0 Å². The summed E-state index contributed by atoms with van der Waals surface area (Å²) in [7, 11) is 2.23. The van der Waals surface area contributed by atoms with E-state index in [4.69, 9.17) is 5.73 Å². The zero-order chi connectivity index (χ0) is 13.1. The van der Waals surface area contributed by atoms with Gasteiger partial charge < -0.3 is 15.5 Å². The Morgan fingerprint density at radius 3 is 2.24 bits per heavy atom. The molecule has 1 rings (SSSR count). The van der Waals surface area contributed by atoms with Crippen LogP contribution in [0.25, 0.3) is 0 Å². The average molecular weight is 241 g/mol. The lowest BCUT2D eigenvalue weighted by molar-refractivity contribution is 0.113. The van der Waals surface area contributed by atoms with Gasteiger partial charge in [0.05, 0.1) is 0 Å². The molecule has 17 heavy (non-hydrogen) atoms. The number of rotatable bonds is 4. The Labute approximate surface area is 107 Å². The van der Waals surface area contributed by atoms with Crippen molar-refractivity contribution in [2.45, 2.75) is 52.6 Å². The van der Waals surface area contributed by atoms with Crippen LogP contribution in [0, 0.1) is 5.41 Å². The van der Waals surface area contributed by atoms with E-state index in [1.165, 1.54) is 32.5 Å². The summed E-state index contributed by atoms with van der Waals surface area (Å²) in [5, 5.41) is 0. The minimum atomic E-state index is 0.207. The second kappa shape index (κ2) is 6.17. The van der Waals surface area contributed by atoms with Crippen molar-refractivity contribution in [2.24, 2.45) is 11.1 Å². The lowest BCUT2D eigenvalue weighted by Gasteiger charge is -2.39. The Morgan fingerprint density at radius 1 is 1.29 bits per heavy atom. The van der Waals surface area contributed by atoms with Crippen LogP contribution in [0.3, 0.4) is 0 Å². The maximum atomic E-state index is 6.26. The van der Waals surface area contributed by atoms with E-state index < -0.39 is 0 Å². The first-order valence-corrected chi connectivity index (χ1v) is 7.02. The first-order valence-electron chi connectivity index (χ1n) is 7.02. The molecule has 0 aromatic carbocycles. The number of piperidine rings is 1. The number of likely N-dealkylation sites (N-methyl/N-ethyl adjacent to an activating group) is 1. The lowest BCUT2D eigenvalue weighted by Crippen LogP contribution is -2.50. The molecule has 0 aliphatic carbocycles. The number of nitrogens with two attached hydrogens (primary N) is 1. The molecule has 1 aliphatic heterocycles. The Balaban J connectivity index is 2.36. The molecular formula is C14H31N3. The van der Waals surface area contributed by atoms with Crippen molar-refractivity contribution in [3.63, 3.8) is 0 Å². The van der Waals surface area contributed by atoms with E-state index in [0.29, 0.717) is 0 Å². The first-order chi connectivity index (χ1) is 7.84. The van der Waals surface area contributed by atoms with Gasteiger partial charge in [0, 0.05) is 18.6 Å². The second-order valence-electron chi connectivity index (χ2n) is 6.58. The monoisotopic (exact) mass is 241 g/mol. The van der Waals surface area contributed by atoms with E-state index in [2.05, 4.69) is 44.5 Å². The average Bonchev–Trinajstić information content (AvgIpc) is 2.27. The molecule has 1 fully saturated rings. The number of likely N-dealkylation sites (tertiary alicyclic amines) is 1. The molecule has 102 valence electrons. The smallest absolute Gasteiger partial charge is 0.0217 e. The van der Waals surface area contributed by atoms with Gasteiger partial charge in [-0.25, -0.2) is 0 Å². The molecule has 1 atom stereocenters. The molecule has 1 aliphatic rings. The third-order valence-electron chi connectivity index (χ3n) is 4.22. The summed E-state index contributed by atoms with van der Waals surface area (Å²) in [6, 6.07) is 0.989. The zero-order valence-corrected chi connectivity index (χ0v) is 12.4. The molecule has 0 aromatic heterocycles. The molecule has 0 bridgehead atoms. The minimum absolute atomic E-state index is 0.207. The highest BCUT2D eigenvalue weighted by Gasteiger charge is 2.26. The third kappa shape index (κ3) is 4.57. The molecule has 1 heterocycles. The molecule has 0 aromatic rings. The first kappa shape index (κ1) is 14.9. The molecule has 0 spiro atoms. The van der Waals surface area contributed by atoms with Gasteiger partial charge in [-0.2, -0.15) is 0 Å². The van der Waals surface area contributed by atoms with Crippen LogP contribution in [0.5, 0.6) is 0 Å². The van der Waals surface area contributed by atoms with Crippen molar-refractivity contribution in [3.8, 4) is 0 Å². The van der Waals surface area contributed by atoms with Gasteiger partial charge in [-0.15, -0.1) is 0 Å². The van der Waals surface area contributed by atoms with Gasteiger partial charge in [0.2, 0.25) is 0 Å². The van der Waals surface area contributed by atoms with Crippen LogP contribution in [-0.4, -0.2) is 55.1 Å². The molecule has 0 amide bonds. The van der Waals surface area contributed by atoms with Crippen molar-refractivity contribution in [1.29, 1.82) is 0 Å². The van der Waals surface area contributed by atoms with Gasteiger partial charge in [-0.1, -0.05) is 27.7 Å². The third-order valence-corrected chi connectivity index (χ3v) is 4.22. The second-order valence-corrected chi connectivity index (χ2v) is 6.58. The van der Waals surface area contributed by atoms with Crippen molar-refractivity contribution in [3.05, 3.63) is 0 Å². The molecule has 0 radical (unpaired) electrons. The normalized spacial score (nSPS) is 22.1. The van der Waals surface area contributed by atoms with E-state index >= 15 is 0 Å². The Bertz CT molecular complexity index is 214. The van der Waals surface area contributed by atoms with Crippen LogP contribution in [-0.2, 0) is 0 Å². The van der Waals surface area contributed by atoms with Crippen molar-refractivity contribution < 1.29 is 0 Å². The highest BCUT2D eigenvalue weighted by atomic mass is 15.2. The molecule has 3 nitrogen and oxygen atoms in total. The Hall–Kier alpha value is -0.120. The summed E-state index contributed by atoms with van der Waals surface area (Å²) < 4.78 is 0. The number of nitrogens with zero attached hydrogens (tertiary/aromatic N) is 2. The summed E-state index contributed by atoms with van der Waals surface area (Å²) in [6.07, 6.45) is 2.59. The SMILES string of the molecule is CCN1CCC(N(C)C[C@H](N)C(C)(C)C)CC1. The standard InChI is InChI=1S/C14H31N3/c1-6-17-9-7-12(8-10-17)16(5)11-13(15)14(2,3)4/h12-13H,6-11,15H2,1-5H3/t13-/m0/s1. The lowest BCUT2D eigenvalue weighted by atomic mass is 9.86. The van der Waals surface area contributed by atoms with Crippen molar-refractivity contribution in [1.82, 2.24) is 9.80 Å². The van der Waals surface area contributed by atoms with Gasteiger partial charge in [0.1, 0.15) is 0 Å². The summed E-state index contributed by atoms with van der Waals surface area (Å²) in [5.74, 6) is 0. The highest BCUT2D eigenvalue weighted by Crippen LogP contribution is 2.21. The Kier molecular flexibility index (Phi) is 5.42. The fourth-order valence-electron chi connectivity index (χ4n) is 2.41. The van der Waals surface area contributed by atoms with Gasteiger partial charge in [-0.3, -0.25) is 0 Å².